The van der Waals surface area contributed by atoms with Crippen LogP contribution in [-0.2, 0) is 6.42 Å². The van der Waals surface area contributed by atoms with E-state index in [1.165, 1.54) is 11.1 Å². The van der Waals surface area contributed by atoms with Crippen molar-refractivity contribution in [1.29, 1.82) is 0 Å². The van der Waals surface area contributed by atoms with Crippen LogP contribution < -0.4 is 10.6 Å². The largest absolute Gasteiger partial charge is 0.360 e. The zero-order chi connectivity index (χ0) is 15.1. The van der Waals surface area contributed by atoms with E-state index in [2.05, 4.69) is 54.8 Å². The van der Waals surface area contributed by atoms with Crippen LogP contribution in [0.25, 0.3) is 0 Å². The summed E-state index contributed by atoms with van der Waals surface area (Å²) < 4.78 is 0. The van der Waals surface area contributed by atoms with E-state index in [1.54, 1.807) is 0 Å². The van der Waals surface area contributed by atoms with E-state index < -0.39 is 0 Å². The molecule has 110 valence electrons. The van der Waals surface area contributed by atoms with Gasteiger partial charge in [0, 0.05) is 11.7 Å². The van der Waals surface area contributed by atoms with Crippen molar-refractivity contribution in [3.8, 4) is 0 Å². The fourth-order valence-electron chi connectivity index (χ4n) is 2.20. The lowest BCUT2D eigenvalue weighted by Crippen LogP contribution is -2.36. The Bertz CT molecular complexity index is 581. The second-order valence-electron chi connectivity index (χ2n) is 5.34. The second kappa shape index (κ2) is 7.79. The normalized spacial score (nSPS) is 11.7. The molecular weight excluding hydrogens is 276 g/mol. The third kappa shape index (κ3) is 5.20. The van der Waals surface area contributed by atoms with Crippen molar-refractivity contribution in [2.75, 3.05) is 5.32 Å². The van der Waals surface area contributed by atoms with Gasteiger partial charge < -0.3 is 10.6 Å². The van der Waals surface area contributed by atoms with E-state index in [-0.39, 0.29) is 0 Å². The number of hydrogen-bond donors (Lipinski definition) is 2. The van der Waals surface area contributed by atoms with Gasteiger partial charge in [0.05, 0.1) is 0 Å². The Morgan fingerprint density at radius 3 is 2.43 bits per heavy atom. The lowest BCUT2D eigenvalue weighted by Gasteiger charge is -2.18. The van der Waals surface area contributed by atoms with Crippen LogP contribution in [0.2, 0.25) is 0 Å². The fraction of sp³-hybridized carbons (Fsp3) is 0.278. The number of rotatable bonds is 5. The molecule has 0 saturated carbocycles. The standard InChI is InChI=1S/C18H22N2S/c1-14-8-6-7-11-17(14)20-18(21)19-15(2)12-13-16-9-4-3-5-10-16/h3-11,15H,12-13H2,1-2H3,(H2,19,20,21)/t15-/m0/s1. The van der Waals surface area contributed by atoms with Crippen molar-refractivity contribution in [1.82, 2.24) is 5.32 Å². The molecule has 2 aromatic carbocycles. The zero-order valence-corrected chi connectivity index (χ0v) is 13.4. The molecule has 3 heteroatoms. The molecule has 0 amide bonds. The summed E-state index contributed by atoms with van der Waals surface area (Å²) in [4.78, 5) is 0. The van der Waals surface area contributed by atoms with Crippen molar-refractivity contribution in [3.05, 3.63) is 65.7 Å². The molecule has 0 bridgehead atoms. The van der Waals surface area contributed by atoms with Crippen molar-refractivity contribution >= 4 is 23.0 Å². The highest BCUT2D eigenvalue weighted by molar-refractivity contribution is 7.80. The SMILES string of the molecule is Cc1ccccc1NC(=S)N[C@@H](C)CCc1ccccc1. The van der Waals surface area contributed by atoms with Gasteiger partial charge in [-0.25, -0.2) is 0 Å². The minimum absolute atomic E-state index is 0.342. The quantitative estimate of drug-likeness (QED) is 0.805. The Labute approximate surface area is 132 Å². The molecule has 0 heterocycles. The maximum Gasteiger partial charge on any atom is 0.170 e. The van der Waals surface area contributed by atoms with Crippen LogP contribution in [0.15, 0.2) is 54.6 Å². The van der Waals surface area contributed by atoms with Crippen LogP contribution in [0, 0.1) is 6.92 Å². The molecule has 0 saturated heterocycles. The molecule has 0 fully saturated rings. The predicted octanol–water partition coefficient (Wildman–Crippen LogP) is 4.30. The number of para-hydroxylation sites is 1. The van der Waals surface area contributed by atoms with Crippen molar-refractivity contribution in [2.24, 2.45) is 0 Å². The van der Waals surface area contributed by atoms with E-state index in [0.717, 1.165) is 18.5 Å². The Balaban J connectivity index is 1.78. The summed E-state index contributed by atoms with van der Waals surface area (Å²) in [5, 5.41) is 7.29. The van der Waals surface area contributed by atoms with Crippen molar-refractivity contribution in [3.63, 3.8) is 0 Å². The van der Waals surface area contributed by atoms with Crippen molar-refractivity contribution in [2.45, 2.75) is 32.7 Å². The molecule has 0 aromatic heterocycles. The molecule has 0 radical (unpaired) electrons. The maximum absolute atomic E-state index is 5.38. The summed E-state index contributed by atoms with van der Waals surface area (Å²) in [5.41, 5.74) is 3.62. The maximum atomic E-state index is 5.38. The first-order valence-corrected chi connectivity index (χ1v) is 7.73. The van der Waals surface area contributed by atoms with E-state index in [4.69, 9.17) is 12.2 Å². The van der Waals surface area contributed by atoms with Gasteiger partial charge in [-0.1, -0.05) is 48.5 Å². The predicted molar refractivity (Wildman–Crippen MR) is 94.8 cm³/mol. The first kappa shape index (κ1) is 15.5. The zero-order valence-electron chi connectivity index (χ0n) is 12.6. The van der Waals surface area contributed by atoms with Crippen LogP contribution in [0.4, 0.5) is 5.69 Å². The Hall–Kier alpha value is -1.87. The molecule has 1 atom stereocenters. The van der Waals surface area contributed by atoms with Gasteiger partial charge in [0.15, 0.2) is 5.11 Å². The van der Waals surface area contributed by atoms with E-state index in [1.807, 2.05) is 24.3 Å². The van der Waals surface area contributed by atoms with Crippen molar-refractivity contribution < 1.29 is 0 Å². The molecule has 2 aromatic rings. The Morgan fingerprint density at radius 2 is 1.71 bits per heavy atom. The van der Waals surface area contributed by atoms with Crippen LogP contribution in [0.1, 0.15) is 24.5 Å². The molecule has 0 aliphatic rings. The van der Waals surface area contributed by atoms with Gasteiger partial charge >= 0.3 is 0 Å². The highest BCUT2D eigenvalue weighted by Crippen LogP contribution is 2.13. The average molecular weight is 298 g/mol. The Kier molecular flexibility index (Phi) is 5.76. The summed E-state index contributed by atoms with van der Waals surface area (Å²) in [6.45, 7) is 4.23. The lowest BCUT2D eigenvalue weighted by atomic mass is 10.1. The van der Waals surface area contributed by atoms with E-state index >= 15 is 0 Å². The minimum Gasteiger partial charge on any atom is -0.360 e. The summed E-state index contributed by atoms with van der Waals surface area (Å²) in [6.07, 6.45) is 2.11. The first-order chi connectivity index (χ1) is 10.1. The summed E-state index contributed by atoms with van der Waals surface area (Å²) in [5.74, 6) is 0. The molecule has 2 rings (SSSR count). The van der Waals surface area contributed by atoms with Gasteiger partial charge in [-0.15, -0.1) is 0 Å². The molecule has 2 N–H and O–H groups in total. The molecule has 0 spiro atoms. The van der Waals surface area contributed by atoms with Crippen LogP contribution in [0.3, 0.4) is 0 Å². The van der Waals surface area contributed by atoms with Gasteiger partial charge in [0.2, 0.25) is 0 Å². The number of nitrogens with one attached hydrogen (secondary N) is 2. The van der Waals surface area contributed by atoms with Crippen LogP contribution in [-0.4, -0.2) is 11.2 Å². The minimum atomic E-state index is 0.342. The summed E-state index contributed by atoms with van der Waals surface area (Å²) in [6, 6.07) is 19.0. The fourth-order valence-corrected chi connectivity index (χ4v) is 2.51. The highest BCUT2D eigenvalue weighted by Gasteiger charge is 2.06. The van der Waals surface area contributed by atoms with Crippen LogP contribution in [0.5, 0.6) is 0 Å². The third-order valence-electron chi connectivity index (χ3n) is 3.48. The van der Waals surface area contributed by atoms with E-state index in [0.29, 0.717) is 11.2 Å². The number of hydrogen-bond acceptors (Lipinski definition) is 1. The second-order valence-corrected chi connectivity index (χ2v) is 5.75. The van der Waals surface area contributed by atoms with Gasteiger partial charge in [-0.3, -0.25) is 0 Å². The third-order valence-corrected chi connectivity index (χ3v) is 3.70. The lowest BCUT2D eigenvalue weighted by molar-refractivity contribution is 0.609. The summed E-state index contributed by atoms with van der Waals surface area (Å²) >= 11 is 5.38. The highest BCUT2D eigenvalue weighted by atomic mass is 32.1. The van der Waals surface area contributed by atoms with E-state index in [9.17, 15) is 0 Å². The molecule has 0 aliphatic heterocycles. The number of benzene rings is 2. The van der Waals surface area contributed by atoms with Gasteiger partial charge in [0.25, 0.3) is 0 Å². The Morgan fingerprint density at radius 1 is 1.05 bits per heavy atom. The molecule has 0 unspecified atom stereocenters. The summed E-state index contributed by atoms with van der Waals surface area (Å²) in [7, 11) is 0. The van der Waals surface area contributed by atoms with Gasteiger partial charge in [-0.2, -0.15) is 0 Å². The number of aryl methyl sites for hydroxylation is 2. The van der Waals surface area contributed by atoms with Gasteiger partial charge in [-0.05, 0) is 56.1 Å². The van der Waals surface area contributed by atoms with Gasteiger partial charge in [0.1, 0.15) is 0 Å². The molecule has 0 aliphatic carbocycles. The smallest absolute Gasteiger partial charge is 0.170 e. The topological polar surface area (TPSA) is 24.1 Å². The molecule has 21 heavy (non-hydrogen) atoms. The number of thiocarbonyl (C=S) groups is 1. The van der Waals surface area contributed by atoms with Crippen LogP contribution >= 0.6 is 12.2 Å². The monoisotopic (exact) mass is 298 g/mol. The molecular formula is C18H22N2S. The molecule has 2 nitrogen and oxygen atoms in total. The average Bonchev–Trinajstić information content (AvgIpc) is 2.48. The number of anilines is 1. The first-order valence-electron chi connectivity index (χ1n) is 7.32.